The van der Waals surface area contributed by atoms with Crippen molar-refractivity contribution in [1.29, 1.82) is 0 Å². The molecular formula is C9H13FO2. The van der Waals surface area contributed by atoms with Gasteiger partial charge in [-0.1, -0.05) is 0 Å². The summed E-state index contributed by atoms with van der Waals surface area (Å²) in [6.45, 7) is 1.39. The molecule has 1 heterocycles. The molecule has 0 aromatic heterocycles. The van der Waals surface area contributed by atoms with Crippen LogP contribution >= 0.6 is 0 Å². The molecule has 1 spiro atoms. The number of alkyl halides is 1. The van der Waals surface area contributed by atoms with Gasteiger partial charge in [-0.2, -0.15) is 0 Å². The summed E-state index contributed by atoms with van der Waals surface area (Å²) in [4.78, 5) is 0. The van der Waals surface area contributed by atoms with Gasteiger partial charge in [0, 0.05) is 12.3 Å². The highest BCUT2D eigenvalue weighted by Crippen LogP contribution is 2.57. The quantitative estimate of drug-likeness (QED) is 0.551. The fourth-order valence-corrected chi connectivity index (χ4v) is 2.98. The molecule has 2 nitrogen and oxygen atoms in total. The molecule has 0 unspecified atom stereocenters. The number of halogens is 1. The predicted octanol–water partition coefficient (Wildman–Crippen LogP) is 1.50. The summed E-state index contributed by atoms with van der Waals surface area (Å²) in [6.07, 6.45) is 1.72. The Kier molecular flexibility index (Phi) is 1.34. The van der Waals surface area contributed by atoms with E-state index in [0.29, 0.717) is 31.5 Å². The Bertz CT molecular complexity index is 201. The molecule has 2 aliphatic carbocycles. The van der Waals surface area contributed by atoms with Gasteiger partial charge in [0.15, 0.2) is 5.79 Å². The molecule has 68 valence electrons. The second-order valence-corrected chi connectivity index (χ2v) is 4.15. The van der Waals surface area contributed by atoms with Crippen LogP contribution in [0.1, 0.15) is 19.3 Å². The van der Waals surface area contributed by atoms with Crippen molar-refractivity contribution in [2.45, 2.75) is 31.2 Å². The molecular weight excluding hydrogens is 159 g/mol. The van der Waals surface area contributed by atoms with Gasteiger partial charge in [0.2, 0.25) is 0 Å². The van der Waals surface area contributed by atoms with E-state index in [1.165, 1.54) is 0 Å². The lowest BCUT2D eigenvalue weighted by atomic mass is 9.70. The van der Waals surface area contributed by atoms with Crippen molar-refractivity contribution in [3.8, 4) is 0 Å². The Labute approximate surface area is 71.0 Å². The van der Waals surface area contributed by atoms with Crippen LogP contribution in [-0.2, 0) is 9.47 Å². The second-order valence-electron chi connectivity index (χ2n) is 4.15. The molecule has 2 saturated carbocycles. The van der Waals surface area contributed by atoms with Crippen molar-refractivity contribution >= 4 is 0 Å². The largest absolute Gasteiger partial charge is 0.347 e. The Morgan fingerprint density at radius 1 is 1.17 bits per heavy atom. The Balaban J connectivity index is 1.78. The zero-order valence-electron chi connectivity index (χ0n) is 6.96. The van der Waals surface area contributed by atoms with Gasteiger partial charge in [-0.15, -0.1) is 0 Å². The normalized spacial score (nSPS) is 49.2. The topological polar surface area (TPSA) is 18.5 Å². The molecule has 0 aromatic rings. The molecule has 3 rings (SSSR count). The zero-order valence-corrected chi connectivity index (χ0v) is 6.96. The molecule has 1 aliphatic heterocycles. The summed E-state index contributed by atoms with van der Waals surface area (Å²) in [5.74, 6) is 0.555. The van der Waals surface area contributed by atoms with Gasteiger partial charge in [-0.05, 0) is 18.8 Å². The smallest absolute Gasteiger partial charge is 0.171 e. The number of fused-ring (bicyclic) bond motifs is 2. The van der Waals surface area contributed by atoms with Crippen LogP contribution in [0.25, 0.3) is 0 Å². The predicted molar refractivity (Wildman–Crippen MR) is 40.4 cm³/mol. The maximum Gasteiger partial charge on any atom is 0.171 e. The molecule has 3 heteroatoms. The first kappa shape index (κ1) is 7.27. The minimum Gasteiger partial charge on any atom is -0.347 e. The van der Waals surface area contributed by atoms with Crippen LogP contribution in [-0.4, -0.2) is 25.2 Å². The van der Waals surface area contributed by atoms with Gasteiger partial charge in [0.25, 0.3) is 0 Å². The molecule has 12 heavy (non-hydrogen) atoms. The van der Waals surface area contributed by atoms with Crippen LogP contribution < -0.4 is 0 Å². The van der Waals surface area contributed by atoms with E-state index in [1.807, 2.05) is 0 Å². The third-order valence-electron chi connectivity index (χ3n) is 3.52. The minimum atomic E-state index is -0.604. The van der Waals surface area contributed by atoms with Crippen molar-refractivity contribution < 1.29 is 13.9 Å². The van der Waals surface area contributed by atoms with Crippen LogP contribution in [0.5, 0.6) is 0 Å². The van der Waals surface area contributed by atoms with Gasteiger partial charge in [0.05, 0.1) is 13.2 Å². The molecule has 3 atom stereocenters. The van der Waals surface area contributed by atoms with Crippen LogP contribution in [0.3, 0.4) is 0 Å². The van der Waals surface area contributed by atoms with Gasteiger partial charge in [0.1, 0.15) is 6.17 Å². The highest BCUT2D eigenvalue weighted by Gasteiger charge is 2.61. The van der Waals surface area contributed by atoms with Gasteiger partial charge < -0.3 is 9.47 Å². The first-order valence-electron chi connectivity index (χ1n) is 4.72. The summed E-state index contributed by atoms with van der Waals surface area (Å²) in [5.41, 5.74) is 0. The Morgan fingerprint density at radius 3 is 2.58 bits per heavy atom. The van der Waals surface area contributed by atoms with Crippen molar-refractivity contribution in [3.63, 3.8) is 0 Å². The monoisotopic (exact) mass is 172 g/mol. The lowest BCUT2D eigenvalue weighted by Crippen LogP contribution is -2.52. The molecule has 0 amide bonds. The first-order chi connectivity index (χ1) is 5.80. The van der Waals surface area contributed by atoms with E-state index in [0.717, 1.165) is 12.8 Å². The summed E-state index contributed by atoms with van der Waals surface area (Å²) in [6, 6.07) is 0. The number of hydrogen-bond donors (Lipinski definition) is 0. The third kappa shape index (κ3) is 0.761. The molecule has 1 saturated heterocycles. The van der Waals surface area contributed by atoms with E-state index in [9.17, 15) is 4.39 Å². The molecule has 0 radical (unpaired) electrons. The van der Waals surface area contributed by atoms with Crippen molar-refractivity contribution in [2.24, 2.45) is 11.8 Å². The molecule has 3 aliphatic rings. The van der Waals surface area contributed by atoms with E-state index in [4.69, 9.17) is 9.47 Å². The van der Waals surface area contributed by atoms with E-state index in [2.05, 4.69) is 0 Å². The van der Waals surface area contributed by atoms with Crippen LogP contribution in [0.2, 0.25) is 0 Å². The van der Waals surface area contributed by atoms with E-state index < -0.39 is 6.17 Å². The summed E-state index contributed by atoms with van der Waals surface area (Å²) < 4.78 is 24.1. The maximum atomic E-state index is 13.0. The van der Waals surface area contributed by atoms with Crippen molar-refractivity contribution in [1.82, 2.24) is 0 Å². The zero-order chi connectivity index (χ0) is 8.18. The molecule has 3 fully saturated rings. The van der Waals surface area contributed by atoms with Gasteiger partial charge in [-0.3, -0.25) is 0 Å². The highest BCUT2D eigenvalue weighted by atomic mass is 19.1. The van der Waals surface area contributed by atoms with Crippen molar-refractivity contribution in [3.05, 3.63) is 0 Å². The maximum absolute atomic E-state index is 13.0. The highest BCUT2D eigenvalue weighted by molar-refractivity contribution is 5.04. The van der Waals surface area contributed by atoms with E-state index in [1.54, 1.807) is 0 Å². The average Bonchev–Trinajstić information content (AvgIpc) is 2.57. The third-order valence-corrected chi connectivity index (χ3v) is 3.52. The van der Waals surface area contributed by atoms with E-state index in [-0.39, 0.29) is 5.79 Å². The van der Waals surface area contributed by atoms with Gasteiger partial charge >= 0.3 is 0 Å². The molecule has 0 N–H and O–H groups in total. The fourth-order valence-electron chi connectivity index (χ4n) is 2.98. The van der Waals surface area contributed by atoms with Crippen LogP contribution in [0.15, 0.2) is 0 Å². The standard InChI is InChI=1S/C9H13FO2/c10-7-3-6-5-9(8(6)4-7)11-1-2-12-9/h6-8H,1-5H2/t6-,7+,8-/m1/s1. The van der Waals surface area contributed by atoms with Gasteiger partial charge in [-0.25, -0.2) is 4.39 Å². The summed E-state index contributed by atoms with van der Waals surface area (Å²) >= 11 is 0. The van der Waals surface area contributed by atoms with E-state index >= 15 is 0 Å². The van der Waals surface area contributed by atoms with Crippen LogP contribution in [0, 0.1) is 11.8 Å². The SMILES string of the molecule is F[C@H]1C[C@@H]2CC3(OCCO3)[C@@H]2C1. The summed E-state index contributed by atoms with van der Waals surface area (Å²) in [7, 11) is 0. The molecule has 0 bridgehead atoms. The second kappa shape index (κ2) is 2.20. The number of ether oxygens (including phenoxy) is 2. The fraction of sp³-hybridized carbons (Fsp3) is 1.00. The van der Waals surface area contributed by atoms with Crippen LogP contribution in [0.4, 0.5) is 4.39 Å². The number of hydrogen-bond acceptors (Lipinski definition) is 2. The lowest BCUT2D eigenvalue weighted by Gasteiger charge is -2.47. The Morgan fingerprint density at radius 2 is 1.92 bits per heavy atom. The summed E-state index contributed by atoms with van der Waals surface area (Å²) in [5, 5.41) is 0. The van der Waals surface area contributed by atoms with Crippen molar-refractivity contribution in [2.75, 3.05) is 13.2 Å². The molecule has 0 aromatic carbocycles. The number of rotatable bonds is 0. The lowest BCUT2D eigenvalue weighted by molar-refractivity contribution is -0.267. The average molecular weight is 172 g/mol. The minimum absolute atomic E-state index is 0.342. The Hall–Kier alpha value is -0.150. The first-order valence-corrected chi connectivity index (χ1v) is 4.72.